The topological polar surface area (TPSA) is 118 Å². The van der Waals surface area contributed by atoms with Gasteiger partial charge in [0.1, 0.15) is 17.2 Å². The first-order chi connectivity index (χ1) is 15.5. The fourth-order valence-electron chi connectivity index (χ4n) is 4.31. The number of pyridine rings is 2. The van der Waals surface area contributed by atoms with Gasteiger partial charge in [0.15, 0.2) is 0 Å². The van der Waals surface area contributed by atoms with Crippen LogP contribution in [-0.2, 0) is 28.4 Å². The first-order valence-corrected chi connectivity index (χ1v) is 12.4. The van der Waals surface area contributed by atoms with Gasteiger partial charge in [-0.25, -0.2) is 13.4 Å². The number of nitrogens with zero attached hydrogens (tertiary/aromatic N) is 4. The molecule has 0 bridgehead atoms. The van der Waals surface area contributed by atoms with Gasteiger partial charge >= 0.3 is 0 Å². The Morgan fingerprint density at radius 2 is 2.06 bits per heavy atom. The number of amides is 1. The third-order valence-corrected chi connectivity index (χ3v) is 7.13. The third-order valence-electron chi connectivity index (χ3n) is 5.73. The molecule has 33 heavy (non-hydrogen) atoms. The molecule has 0 spiro atoms. The fraction of sp³-hybridized carbons (Fsp3) is 0.409. The zero-order valence-corrected chi connectivity index (χ0v) is 19.8. The quantitative estimate of drug-likeness (QED) is 0.598. The summed E-state index contributed by atoms with van der Waals surface area (Å²) in [5.41, 5.74) is 1.76. The molecule has 11 heteroatoms. The van der Waals surface area contributed by atoms with Crippen molar-refractivity contribution in [2.45, 2.75) is 26.4 Å². The van der Waals surface area contributed by atoms with Crippen LogP contribution in [0.1, 0.15) is 19.6 Å². The van der Waals surface area contributed by atoms with Crippen molar-refractivity contribution in [3.05, 3.63) is 46.7 Å². The number of hydrogen-bond donors (Lipinski definition) is 1. The third kappa shape index (κ3) is 4.85. The number of carbonyl (C=O) groups is 1. The van der Waals surface area contributed by atoms with E-state index in [1.807, 2.05) is 6.92 Å². The van der Waals surface area contributed by atoms with Crippen LogP contribution >= 0.6 is 0 Å². The van der Waals surface area contributed by atoms with Crippen molar-refractivity contribution in [1.29, 1.82) is 0 Å². The van der Waals surface area contributed by atoms with Crippen LogP contribution in [0.4, 0.5) is 5.82 Å². The SMILES string of the molecule is CC(=O)Nc1cc(-c2cn(C)c(=O)c3cc(CN4CCN(S(C)(=O)=O)[C@@H](C)C4)oc23)ccn1. The van der Waals surface area contributed by atoms with Crippen molar-refractivity contribution in [2.75, 3.05) is 31.2 Å². The molecule has 1 amide bonds. The van der Waals surface area contributed by atoms with Gasteiger partial charge in [0.2, 0.25) is 15.9 Å². The monoisotopic (exact) mass is 473 g/mol. The lowest BCUT2D eigenvalue weighted by atomic mass is 10.1. The van der Waals surface area contributed by atoms with Gasteiger partial charge in [0, 0.05) is 57.6 Å². The lowest BCUT2D eigenvalue weighted by Gasteiger charge is -2.37. The summed E-state index contributed by atoms with van der Waals surface area (Å²) in [5, 5.41) is 3.13. The molecule has 1 aliphatic rings. The molecule has 1 atom stereocenters. The number of hydrogen-bond acceptors (Lipinski definition) is 7. The second kappa shape index (κ2) is 8.73. The largest absolute Gasteiger partial charge is 0.459 e. The number of carbonyl (C=O) groups excluding carboxylic acids is 1. The van der Waals surface area contributed by atoms with Crippen molar-refractivity contribution in [1.82, 2.24) is 18.8 Å². The van der Waals surface area contributed by atoms with Gasteiger partial charge in [-0.05, 0) is 30.7 Å². The first-order valence-electron chi connectivity index (χ1n) is 10.6. The molecule has 1 N–H and O–H groups in total. The van der Waals surface area contributed by atoms with E-state index < -0.39 is 10.0 Å². The van der Waals surface area contributed by atoms with Gasteiger partial charge in [-0.3, -0.25) is 14.5 Å². The lowest BCUT2D eigenvalue weighted by molar-refractivity contribution is -0.114. The van der Waals surface area contributed by atoms with E-state index in [1.165, 1.54) is 22.1 Å². The maximum atomic E-state index is 12.8. The van der Waals surface area contributed by atoms with Crippen LogP contribution in [0.15, 0.2) is 39.8 Å². The van der Waals surface area contributed by atoms with E-state index in [0.717, 1.165) is 5.56 Å². The Hall–Kier alpha value is -3.02. The van der Waals surface area contributed by atoms with Crippen molar-refractivity contribution < 1.29 is 17.6 Å². The molecule has 10 nitrogen and oxygen atoms in total. The number of sulfonamides is 1. The zero-order chi connectivity index (χ0) is 23.9. The maximum absolute atomic E-state index is 12.8. The highest BCUT2D eigenvalue weighted by Gasteiger charge is 2.30. The number of anilines is 1. The number of piperazine rings is 1. The minimum Gasteiger partial charge on any atom is -0.459 e. The Morgan fingerprint density at radius 1 is 1.30 bits per heavy atom. The van der Waals surface area contributed by atoms with Crippen molar-refractivity contribution in [3.8, 4) is 11.1 Å². The van der Waals surface area contributed by atoms with E-state index in [-0.39, 0.29) is 17.5 Å². The summed E-state index contributed by atoms with van der Waals surface area (Å²) in [5.74, 6) is 0.813. The molecule has 1 fully saturated rings. The standard InChI is InChI=1S/C22H27N5O5S/c1-14-11-26(7-8-27(14)33(4,30)31)12-17-10-18-21(32-17)19(13-25(3)22(18)29)16-5-6-23-20(9-16)24-15(2)28/h5-6,9-10,13-14H,7-8,11-12H2,1-4H3,(H,23,24,28)/t14-/m0/s1. The highest BCUT2D eigenvalue weighted by molar-refractivity contribution is 7.88. The van der Waals surface area contributed by atoms with Crippen LogP contribution in [0.3, 0.4) is 0 Å². The number of furan rings is 1. The van der Waals surface area contributed by atoms with Gasteiger partial charge in [0.25, 0.3) is 5.56 Å². The molecule has 4 rings (SSSR count). The van der Waals surface area contributed by atoms with Crippen molar-refractivity contribution >= 4 is 32.7 Å². The molecule has 1 aliphatic heterocycles. The number of aryl methyl sites for hydroxylation is 1. The second-order valence-electron chi connectivity index (χ2n) is 8.48. The smallest absolute Gasteiger partial charge is 0.261 e. The Labute approximate surface area is 191 Å². The van der Waals surface area contributed by atoms with Crippen LogP contribution in [0.25, 0.3) is 22.1 Å². The van der Waals surface area contributed by atoms with Crippen molar-refractivity contribution in [2.24, 2.45) is 7.05 Å². The van der Waals surface area contributed by atoms with E-state index in [1.54, 1.807) is 37.6 Å². The number of fused-ring (bicyclic) bond motifs is 1. The molecule has 4 heterocycles. The van der Waals surface area contributed by atoms with Gasteiger partial charge < -0.3 is 14.3 Å². The van der Waals surface area contributed by atoms with Gasteiger partial charge in [0.05, 0.1) is 18.2 Å². The summed E-state index contributed by atoms with van der Waals surface area (Å²) < 4.78 is 33.0. The molecular formula is C22H27N5O5S. The molecular weight excluding hydrogens is 446 g/mol. The highest BCUT2D eigenvalue weighted by atomic mass is 32.2. The maximum Gasteiger partial charge on any atom is 0.261 e. The minimum absolute atomic E-state index is 0.148. The van der Waals surface area contributed by atoms with Crippen molar-refractivity contribution in [3.63, 3.8) is 0 Å². The Kier molecular flexibility index (Phi) is 6.12. The van der Waals surface area contributed by atoms with E-state index in [2.05, 4.69) is 15.2 Å². The van der Waals surface area contributed by atoms with Gasteiger partial charge in [-0.2, -0.15) is 4.31 Å². The summed E-state index contributed by atoms with van der Waals surface area (Å²) in [7, 11) is -1.56. The summed E-state index contributed by atoms with van der Waals surface area (Å²) in [6, 6.07) is 5.13. The normalized spacial score (nSPS) is 18.0. The molecule has 0 radical (unpaired) electrons. The highest BCUT2D eigenvalue weighted by Crippen LogP contribution is 2.30. The summed E-state index contributed by atoms with van der Waals surface area (Å²) >= 11 is 0. The number of aromatic nitrogens is 2. The second-order valence-corrected chi connectivity index (χ2v) is 10.4. The lowest BCUT2D eigenvalue weighted by Crippen LogP contribution is -2.53. The molecule has 0 aromatic carbocycles. The van der Waals surface area contributed by atoms with E-state index in [9.17, 15) is 18.0 Å². The molecule has 176 valence electrons. The van der Waals surface area contributed by atoms with E-state index >= 15 is 0 Å². The van der Waals surface area contributed by atoms with Crippen LogP contribution in [0.5, 0.6) is 0 Å². The Balaban J connectivity index is 1.66. The van der Waals surface area contributed by atoms with Crippen LogP contribution in [0, 0.1) is 0 Å². The minimum atomic E-state index is -3.24. The van der Waals surface area contributed by atoms with Crippen LogP contribution in [0.2, 0.25) is 0 Å². The molecule has 0 saturated carbocycles. The molecule has 1 saturated heterocycles. The first kappa shape index (κ1) is 23.1. The zero-order valence-electron chi connectivity index (χ0n) is 19.0. The van der Waals surface area contributed by atoms with Crippen LogP contribution in [-0.4, -0.2) is 65.0 Å². The summed E-state index contributed by atoms with van der Waals surface area (Å²) in [4.78, 5) is 30.5. The van der Waals surface area contributed by atoms with E-state index in [0.29, 0.717) is 54.3 Å². The molecule has 3 aromatic heterocycles. The number of nitrogens with one attached hydrogen (secondary N) is 1. The average Bonchev–Trinajstić information content (AvgIpc) is 3.13. The van der Waals surface area contributed by atoms with Crippen LogP contribution < -0.4 is 10.9 Å². The van der Waals surface area contributed by atoms with E-state index in [4.69, 9.17) is 4.42 Å². The Bertz CT molecular complexity index is 1380. The summed E-state index contributed by atoms with van der Waals surface area (Å²) in [6.45, 7) is 5.32. The predicted molar refractivity (Wildman–Crippen MR) is 125 cm³/mol. The van der Waals surface area contributed by atoms with Gasteiger partial charge in [-0.15, -0.1) is 0 Å². The Morgan fingerprint density at radius 3 is 2.73 bits per heavy atom. The summed E-state index contributed by atoms with van der Waals surface area (Å²) in [6.07, 6.45) is 4.52. The molecule has 0 unspecified atom stereocenters. The predicted octanol–water partition coefficient (Wildman–Crippen LogP) is 1.62. The van der Waals surface area contributed by atoms with Gasteiger partial charge in [-0.1, -0.05) is 0 Å². The molecule has 0 aliphatic carbocycles. The molecule has 3 aromatic rings. The fourth-order valence-corrected chi connectivity index (χ4v) is 5.44. The average molecular weight is 474 g/mol. The number of rotatable bonds is 5.